The first kappa shape index (κ1) is 16.0. The lowest BCUT2D eigenvalue weighted by atomic mass is 10.1. The molecule has 0 unspecified atom stereocenters. The van der Waals surface area contributed by atoms with Crippen molar-refractivity contribution in [2.24, 2.45) is 0 Å². The summed E-state index contributed by atoms with van der Waals surface area (Å²) in [5.74, 6) is -0.187. The number of fused-ring (bicyclic) bond motifs is 1. The van der Waals surface area contributed by atoms with E-state index in [9.17, 15) is 4.79 Å². The molecule has 1 N–H and O–H groups in total. The van der Waals surface area contributed by atoms with Crippen molar-refractivity contribution in [3.05, 3.63) is 46.2 Å². The minimum Gasteiger partial charge on any atom is -0.365 e. The Hall–Kier alpha value is -1.92. The Morgan fingerprint density at radius 2 is 2.22 bits per heavy atom. The molecule has 23 heavy (non-hydrogen) atoms. The lowest BCUT2D eigenvalue weighted by molar-refractivity contribution is -0.00176. The summed E-state index contributed by atoms with van der Waals surface area (Å²) in [6.07, 6.45) is 1.87. The van der Waals surface area contributed by atoms with Crippen LogP contribution in [0.25, 0.3) is 0 Å². The van der Waals surface area contributed by atoms with Crippen LogP contribution in [0.3, 0.4) is 0 Å². The smallest absolute Gasteiger partial charge is 0.273 e. The minimum absolute atomic E-state index is 0.113. The molecule has 1 aliphatic heterocycles. The zero-order valence-corrected chi connectivity index (χ0v) is 13.7. The predicted octanol–water partition coefficient (Wildman–Crippen LogP) is 2.73. The van der Waals surface area contributed by atoms with Crippen LogP contribution in [-0.2, 0) is 17.9 Å². The Balaban J connectivity index is 1.71. The molecule has 7 heteroatoms. The van der Waals surface area contributed by atoms with Gasteiger partial charge in [0.25, 0.3) is 5.91 Å². The number of carbonyl (C=O) groups excluding carboxylic acids is 1. The number of hydrogen-bond donors (Lipinski definition) is 1. The molecule has 0 saturated carbocycles. The van der Waals surface area contributed by atoms with E-state index in [2.05, 4.69) is 22.6 Å². The molecule has 1 amide bonds. The second-order valence-electron chi connectivity index (χ2n) is 5.53. The first-order valence-corrected chi connectivity index (χ1v) is 8.14. The van der Waals surface area contributed by atoms with Crippen LogP contribution >= 0.6 is 11.6 Å². The van der Waals surface area contributed by atoms with E-state index in [1.54, 1.807) is 4.68 Å². The summed E-state index contributed by atoms with van der Waals surface area (Å²) in [4.78, 5) is 12.1. The van der Waals surface area contributed by atoms with Crippen LogP contribution in [0.5, 0.6) is 0 Å². The highest BCUT2D eigenvalue weighted by Gasteiger charge is 2.27. The topological polar surface area (TPSA) is 69.0 Å². The van der Waals surface area contributed by atoms with Crippen LogP contribution in [0, 0.1) is 0 Å². The fourth-order valence-electron chi connectivity index (χ4n) is 2.53. The fraction of sp³-hybridized carbons (Fsp3) is 0.438. The molecule has 0 aliphatic carbocycles. The van der Waals surface area contributed by atoms with Gasteiger partial charge >= 0.3 is 0 Å². The third kappa shape index (κ3) is 3.54. The third-order valence-electron chi connectivity index (χ3n) is 3.87. The van der Waals surface area contributed by atoms with Gasteiger partial charge in [0.2, 0.25) is 0 Å². The van der Waals surface area contributed by atoms with Crippen LogP contribution in [0.2, 0.25) is 5.02 Å². The number of nitrogens with zero attached hydrogens (tertiary/aromatic N) is 3. The number of amides is 1. The Labute approximate surface area is 139 Å². The normalized spacial score (nSPS) is 16.9. The lowest BCUT2D eigenvalue weighted by Crippen LogP contribution is -2.28. The summed E-state index contributed by atoms with van der Waals surface area (Å²) >= 11 is 5.91. The summed E-state index contributed by atoms with van der Waals surface area (Å²) in [7, 11) is 0. The van der Waals surface area contributed by atoms with Crippen LogP contribution in [-0.4, -0.2) is 27.4 Å². The van der Waals surface area contributed by atoms with Crippen molar-refractivity contribution in [2.75, 3.05) is 6.54 Å². The van der Waals surface area contributed by atoms with Gasteiger partial charge in [-0.3, -0.25) is 4.79 Å². The number of benzene rings is 1. The van der Waals surface area contributed by atoms with E-state index in [-0.39, 0.29) is 12.0 Å². The summed E-state index contributed by atoms with van der Waals surface area (Å²) in [6, 6.07) is 7.55. The van der Waals surface area contributed by atoms with Crippen molar-refractivity contribution < 1.29 is 9.53 Å². The van der Waals surface area contributed by atoms with E-state index in [4.69, 9.17) is 16.3 Å². The summed E-state index contributed by atoms with van der Waals surface area (Å²) < 4.78 is 7.63. The van der Waals surface area contributed by atoms with Crippen molar-refractivity contribution >= 4 is 17.5 Å². The number of halogens is 1. The van der Waals surface area contributed by atoms with Crippen molar-refractivity contribution in [3.8, 4) is 0 Å². The Bertz CT molecular complexity index is 684. The standard InChI is InChI=1S/C16H19ClN4O2/c1-2-3-8-18-16(22)15-13-10-23-14(9-21(13)20-19-15)11-4-6-12(17)7-5-11/h4-7,14H,2-3,8-10H2,1H3,(H,18,22)/t14-/m1/s1. The fourth-order valence-corrected chi connectivity index (χ4v) is 2.66. The van der Waals surface area contributed by atoms with Gasteiger partial charge in [-0.15, -0.1) is 5.10 Å². The average molecular weight is 335 g/mol. The number of hydrogen-bond acceptors (Lipinski definition) is 4. The Morgan fingerprint density at radius 3 is 2.96 bits per heavy atom. The van der Waals surface area contributed by atoms with E-state index < -0.39 is 0 Å². The number of nitrogens with one attached hydrogen (secondary N) is 1. The van der Waals surface area contributed by atoms with Gasteiger partial charge in [0.1, 0.15) is 6.10 Å². The molecular weight excluding hydrogens is 316 g/mol. The van der Waals surface area contributed by atoms with Gasteiger partial charge in [-0.25, -0.2) is 4.68 Å². The number of rotatable bonds is 5. The Morgan fingerprint density at radius 1 is 1.43 bits per heavy atom. The maximum Gasteiger partial charge on any atom is 0.273 e. The predicted molar refractivity (Wildman–Crippen MR) is 86.2 cm³/mol. The molecule has 122 valence electrons. The largest absolute Gasteiger partial charge is 0.365 e. The molecule has 0 saturated heterocycles. The van der Waals surface area contributed by atoms with Crippen molar-refractivity contribution in [3.63, 3.8) is 0 Å². The van der Waals surface area contributed by atoms with Crippen LogP contribution in [0.4, 0.5) is 0 Å². The maximum absolute atomic E-state index is 12.1. The summed E-state index contributed by atoms with van der Waals surface area (Å²) in [5.41, 5.74) is 2.12. The molecule has 1 aromatic carbocycles. The minimum atomic E-state index is -0.187. The zero-order chi connectivity index (χ0) is 16.2. The number of aromatic nitrogens is 3. The van der Waals surface area contributed by atoms with Crippen molar-refractivity contribution in [1.82, 2.24) is 20.3 Å². The quantitative estimate of drug-likeness (QED) is 0.854. The van der Waals surface area contributed by atoms with Gasteiger partial charge in [-0.05, 0) is 24.1 Å². The second kappa shape index (κ2) is 7.10. The number of unbranched alkanes of at least 4 members (excludes halogenated alkanes) is 1. The van der Waals surface area contributed by atoms with Gasteiger partial charge in [-0.2, -0.15) is 0 Å². The van der Waals surface area contributed by atoms with Crippen LogP contribution in [0.15, 0.2) is 24.3 Å². The summed E-state index contributed by atoms with van der Waals surface area (Å²) in [5, 5.41) is 11.7. The molecule has 1 aromatic heterocycles. The lowest BCUT2D eigenvalue weighted by Gasteiger charge is -2.24. The highest BCUT2D eigenvalue weighted by molar-refractivity contribution is 6.30. The molecule has 0 radical (unpaired) electrons. The van der Waals surface area contributed by atoms with E-state index in [0.717, 1.165) is 24.1 Å². The van der Waals surface area contributed by atoms with Gasteiger partial charge < -0.3 is 10.1 Å². The van der Waals surface area contributed by atoms with E-state index in [1.807, 2.05) is 24.3 Å². The van der Waals surface area contributed by atoms with Gasteiger partial charge in [0.05, 0.1) is 18.8 Å². The monoisotopic (exact) mass is 334 g/mol. The molecule has 2 heterocycles. The molecule has 1 atom stereocenters. The molecule has 3 rings (SSSR count). The highest BCUT2D eigenvalue weighted by atomic mass is 35.5. The third-order valence-corrected chi connectivity index (χ3v) is 4.12. The molecular formula is C16H19ClN4O2. The second-order valence-corrected chi connectivity index (χ2v) is 5.96. The van der Waals surface area contributed by atoms with Gasteiger partial charge in [0, 0.05) is 11.6 Å². The highest BCUT2D eigenvalue weighted by Crippen LogP contribution is 2.27. The van der Waals surface area contributed by atoms with Crippen LogP contribution in [0.1, 0.15) is 47.6 Å². The van der Waals surface area contributed by atoms with Gasteiger partial charge in [-0.1, -0.05) is 42.3 Å². The first-order valence-electron chi connectivity index (χ1n) is 7.76. The first-order chi connectivity index (χ1) is 11.2. The van der Waals surface area contributed by atoms with Gasteiger partial charge in [0.15, 0.2) is 5.69 Å². The van der Waals surface area contributed by atoms with E-state index in [1.165, 1.54) is 0 Å². The zero-order valence-electron chi connectivity index (χ0n) is 13.0. The van der Waals surface area contributed by atoms with Crippen LogP contribution < -0.4 is 5.32 Å². The summed E-state index contributed by atoms with van der Waals surface area (Å²) in [6.45, 7) is 3.58. The molecule has 2 aromatic rings. The maximum atomic E-state index is 12.1. The molecule has 1 aliphatic rings. The molecule has 0 spiro atoms. The Kier molecular flexibility index (Phi) is 4.93. The number of ether oxygens (including phenoxy) is 1. The molecule has 6 nitrogen and oxygen atoms in total. The SMILES string of the molecule is CCCCNC(=O)c1nnn2c1CO[C@@H](c1ccc(Cl)cc1)C2. The molecule has 0 fully saturated rings. The number of carbonyl (C=O) groups is 1. The average Bonchev–Trinajstić information content (AvgIpc) is 2.99. The van der Waals surface area contributed by atoms with E-state index in [0.29, 0.717) is 30.4 Å². The van der Waals surface area contributed by atoms with Crippen molar-refractivity contribution in [2.45, 2.75) is 39.0 Å². The van der Waals surface area contributed by atoms with E-state index >= 15 is 0 Å². The van der Waals surface area contributed by atoms with Crippen molar-refractivity contribution in [1.29, 1.82) is 0 Å². The molecule has 0 bridgehead atoms.